The molecule has 0 radical (unpaired) electrons. The Kier molecular flexibility index (Phi) is 6.36. The fourth-order valence-corrected chi connectivity index (χ4v) is 3.47. The summed E-state index contributed by atoms with van der Waals surface area (Å²) in [7, 11) is 3.35. The van der Waals surface area contributed by atoms with Crippen molar-refractivity contribution in [2.24, 2.45) is 7.05 Å². The average Bonchev–Trinajstić information content (AvgIpc) is 2.71. The van der Waals surface area contributed by atoms with Crippen LogP contribution in [-0.4, -0.2) is 21.9 Å². The summed E-state index contributed by atoms with van der Waals surface area (Å²) in [5.41, 5.74) is 2.97. The van der Waals surface area contributed by atoms with Gasteiger partial charge in [0.2, 0.25) is 5.82 Å². The molecule has 0 aliphatic rings. The first-order valence-corrected chi connectivity index (χ1v) is 10.0. The molecule has 1 aromatic heterocycles. The summed E-state index contributed by atoms with van der Waals surface area (Å²) in [5.74, 6) is 2.19. The van der Waals surface area contributed by atoms with Crippen LogP contribution in [0.1, 0.15) is 30.9 Å². The highest BCUT2D eigenvalue weighted by Crippen LogP contribution is 2.22. The first kappa shape index (κ1) is 19.9. The molecule has 0 atom stereocenters. The lowest BCUT2D eigenvalue weighted by Crippen LogP contribution is -2.24. The topological polar surface area (TPSA) is 69.0 Å². The Hall–Kier alpha value is -2.80. The van der Waals surface area contributed by atoms with Crippen molar-refractivity contribution in [1.29, 1.82) is 0 Å². The summed E-state index contributed by atoms with van der Waals surface area (Å²) >= 11 is 1.47. The second-order valence-corrected chi connectivity index (χ2v) is 7.68. The monoisotopic (exact) mass is 396 g/mol. The van der Waals surface area contributed by atoms with Crippen LogP contribution >= 0.6 is 11.8 Å². The predicted molar refractivity (Wildman–Crippen MR) is 114 cm³/mol. The highest BCUT2D eigenvalue weighted by Gasteiger charge is 2.11. The summed E-state index contributed by atoms with van der Waals surface area (Å²) < 4.78 is 6.69. The van der Waals surface area contributed by atoms with Gasteiger partial charge in [-0.15, -0.1) is 10.2 Å². The SMILES string of the molecule is COc1ccc(CSc2nnc(Nc3ccc(C(C)C)cc3)c(=O)n2C)cc1. The van der Waals surface area contributed by atoms with E-state index in [1.807, 2.05) is 48.5 Å². The number of benzene rings is 2. The van der Waals surface area contributed by atoms with Crippen LogP contribution in [0.25, 0.3) is 0 Å². The van der Waals surface area contributed by atoms with Crippen molar-refractivity contribution in [2.45, 2.75) is 30.7 Å². The minimum Gasteiger partial charge on any atom is -0.497 e. The van der Waals surface area contributed by atoms with E-state index in [-0.39, 0.29) is 11.4 Å². The van der Waals surface area contributed by atoms with Crippen LogP contribution in [-0.2, 0) is 12.8 Å². The Labute approximate surface area is 169 Å². The number of anilines is 2. The van der Waals surface area contributed by atoms with Crippen molar-refractivity contribution in [2.75, 3.05) is 12.4 Å². The minimum absolute atomic E-state index is 0.208. The summed E-state index contributed by atoms with van der Waals surface area (Å²) in [6.45, 7) is 4.29. The fourth-order valence-electron chi connectivity index (χ4n) is 2.61. The summed E-state index contributed by atoms with van der Waals surface area (Å²) in [6.07, 6.45) is 0. The highest BCUT2D eigenvalue weighted by molar-refractivity contribution is 7.98. The van der Waals surface area contributed by atoms with Gasteiger partial charge < -0.3 is 10.1 Å². The smallest absolute Gasteiger partial charge is 0.297 e. The average molecular weight is 397 g/mol. The minimum atomic E-state index is -0.208. The van der Waals surface area contributed by atoms with Gasteiger partial charge in [-0.2, -0.15) is 0 Å². The van der Waals surface area contributed by atoms with Gasteiger partial charge in [0, 0.05) is 18.5 Å². The summed E-state index contributed by atoms with van der Waals surface area (Å²) in [5, 5.41) is 11.9. The van der Waals surface area contributed by atoms with Gasteiger partial charge in [0.05, 0.1) is 7.11 Å². The lowest BCUT2D eigenvalue weighted by atomic mass is 10.0. The lowest BCUT2D eigenvalue weighted by Gasteiger charge is -2.10. The normalized spacial score (nSPS) is 10.9. The summed E-state index contributed by atoms with van der Waals surface area (Å²) in [4.78, 5) is 12.6. The van der Waals surface area contributed by atoms with E-state index in [1.165, 1.54) is 21.9 Å². The van der Waals surface area contributed by atoms with Crippen molar-refractivity contribution in [1.82, 2.24) is 14.8 Å². The van der Waals surface area contributed by atoms with Crippen molar-refractivity contribution >= 4 is 23.3 Å². The zero-order chi connectivity index (χ0) is 20.1. The van der Waals surface area contributed by atoms with E-state index >= 15 is 0 Å². The van der Waals surface area contributed by atoms with Gasteiger partial charge >= 0.3 is 0 Å². The predicted octanol–water partition coefficient (Wildman–Crippen LogP) is 4.34. The van der Waals surface area contributed by atoms with Gasteiger partial charge in [0.25, 0.3) is 5.56 Å². The van der Waals surface area contributed by atoms with E-state index in [9.17, 15) is 4.79 Å². The van der Waals surface area contributed by atoms with Crippen molar-refractivity contribution < 1.29 is 4.74 Å². The first-order chi connectivity index (χ1) is 13.5. The second kappa shape index (κ2) is 8.93. The molecular weight excluding hydrogens is 372 g/mol. The first-order valence-electron chi connectivity index (χ1n) is 9.04. The van der Waals surface area contributed by atoms with Gasteiger partial charge in [-0.05, 0) is 41.3 Å². The van der Waals surface area contributed by atoms with E-state index in [2.05, 4.69) is 29.4 Å². The zero-order valence-electron chi connectivity index (χ0n) is 16.5. The van der Waals surface area contributed by atoms with Crippen molar-refractivity contribution in [3.05, 3.63) is 70.0 Å². The molecule has 7 heteroatoms. The second-order valence-electron chi connectivity index (χ2n) is 6.73. The van der Waals surface area contributed by atoms with Crippen molar-refractivity contribution in [3.63, 3.8) is 0 Å². The van der Waals surface area contributed by atoms with Crippen LogP contribution < -0.4 is 15.6 Å². The molecule has 0 spiro atoms. The fraction of sp³-hybridized carbons (Fsp3) is 0.286. The van der Waals surface area contributed by atoms with Gasteiger partial charge in [0.1, 0.15) is 5.75 Å². The van der Waals surface area contributed by atoms with Crippen LogP contribution in [0.15, 0.2) is 58.5 Å². The molecule has 0 bridgehead atoms. The molecule has 2 aromatic carbocycles. The maximum Gasteiger partial charge on any atom is 0.297 e. The van der Waals surface area contributed by atoms with Crippen LogP contribution in [0.3, 0.4) is 0 Å². The number of thioether (sulfide) groups is 1. The number of aromatic nitrogens is 3. The third-order valence-electron chi connectivity index (χ3n) is 4.40. The Morgan fingerprint density at radius 1 is 1.07 bits per heavy atom. The van der Waals surface area contributed by atoms with Gasteiger partial charge in [-0.1, -0.05) is 49.9 Å². The molecule has 6 nitrogen and oxygen atoms in total. The molecule has 0 saturated carbocycles. The highest BCUT2D eigenvalue weighted by atomic mass is 32.2. The van der Waals surface area contributed by atoms with Crippen molar-refractivity contribution in [3.8, 4) is 5.75 Å². The number of nitrogens with zero attached hydrogens (tertiary/aromatic N) is 3. The third kappa shape index (κ3) is 4.72. The van der Waals surface area contributed by atoms with Crippen LogP contribution in [0, 0.1) is 0 Å². The summed E-state index contributed by atoms with van der Waals surface area (Å²) in [6, 6.07) is 15.8. The van der Waals surface area contributed by atoms with E-state index in [1.54, 1.807) is 14.2 Å². The molecule has 0 fully saturated rings. The standard InChI is InChI=1S/C21H24N4O2S/c1-14(2)16-7-9-17(10-8-16)22-19-20(26)25(3)21(24-23-19)28-13-15-5-11-18(27-4)12-6-15/h5-12,14H,13H2,1-4H3,(H,22,23). The van der Waals surface area contributed by atoms with E-state index in [4.69, 9.17) is 4.74 Å². The molecule has 0 aliphatic carbocycles. The van der Waals surface area contributed by atoms with E-state index in [0.29, 0.717) is 16.8 Å². The number of methoxy groups -OCH3 is 1. The number of rotatable bonds is 7. The van der Waals surface area contributed by atoms with E-state index in [0.717, 1.165) is 17.0 Å². The van der Waals surface area contributed by atoms with Crippen LogP contribution in [0.5, 0.6) is 5.75 Å². The van der Waals surface area contributed by atoms with E-state index < -0.39 is 0 Å². The largest absolute Gasteiger partial charge is 0.497 e. The number of hydrogen-bond donors (Lipinski definition) is 1. The molecule has 1 heterocycles. The molecule has 0 amide bonds. The van der Waals surface area contributed by atoms with Crippen LogP contribution in [0.4, 0.5) is 11.5 Å². The molecular formula is C21H24N4O2S. The number of ether oxygens (including phenoxy) is 1. The molecule has 28 heavy (non-hydrogen) atoms. The quantitative estimate of drug-likeness (QED) is 0.599. The zero-order valence-corrected chi connectivity index (χ0v) is 17.3. The maximum atomic E-state index is 12.6. The third-order valence-corrected chi connectivity index (χ3v) is 5.49. The molecule has 1 N–H and O–H groups in total. The van der Waals surface area contributed by atoms with Gasteiger partial charge in [-0.3, -0.25) is 9.36 Å². The van der Waals surface area contributed by atoms with Crippen LogP contribution in [0.2, 0.25) is 0 Å². The van der Waals surface area contributed by atoms with Gasteiger partial charge in [0.15, 0.2) is 5.16 Å². The molecule has 0 unspecified atom stereocenters. The molecule has 146 valence electrons. The lowest BCUT2D eigenvalue weighted by molar-refractivity contribution is 0.414. The molecule has 3 aromatic rings. The Balaban J connectivity index is 1.70. The molecule has 0 aliphatic heterocycles. The number of nitrogens with one attached hydrogen (secondary N) is 1. The Morgan fingerprint density at radius 2 is 1.75 bits per heavy atom. The maximum absolute atomic E-state index is 12.6. The molecule has 3 rings (SSSR count). The van der Waals surface area contributed by atoms with Gasteiger partial charge in [-0.25, -0.2) is 0 Å². The molecule has 0 saturated heterocycles. The Morgan fingerprint density at radius 3 is 2.36 bits per heavy atom. The number of hydrogen-bond acceptors (Lipinski definition) is 6. The Bertz CT molecular complexity index is 983.